The number of allylic oxidation sites excluding steroid dienone is 4. The lowest BCUT2D eigenvalue weighted by Gasteiger charge is -2.38. The number of piperazine rings is 1. The zero-order chi connectivity index (χ0) is 29.1. The average Bonchev–Trinajstić information content (AvgIpc) is 3.08. The first-order chi connectivity index (χ1) is 20.6. The van der Waals surface area contributed by atoms with E-state index in [1.54, 1.807) is 0 Å². The van der Waals surface area contributed by atoms with Crippen LogP contribution in [0.2, 0.25) is 0 Å². The van der Waals surface area contributed by atoms with Gasteiger partial charge in [0, 0.05) is 38.3 Å². The number of Topliss-reactive ketones (excluding diaryl/α,β-unsaturated/α-hetero) is 1. The van der Waals surface area contributed by atoms with Gasteiger partial charge in [0.2, 0.25) is 0 Å². The number of carbonyl (C=O) groups excluding carboxylic acids is 2. The molecule has 5 rings (SSSR count). The molecule has 1 saturated heterocycles. The predicted octanol–water partition coefficient (Wildman–Crippen LogP) is 7.21. The summed E-state index contributed by atoms with van der Waals surface area (Å²) in [4.78, 5) is 31.0. The van der Waals surface area contributed by atoms with Gasteiger partial charge in [0.05, 0.1) is 5.70 Å². The Balaban J connectivity index is 1.32. The highest BCUT2D eigenvalue weighted by molar-refractivity contribution is 5.94. The molecule has 1 aliphatic carbocycles. The maximum Gasteiger partial charge on any atom is 0.321 e. The van der Waals surface area contributed by atoms with Gasteiger partial charge < -0.3 is 19.9 Å². The van der Waals surface area contributed by atoms with E-state index in [1.807, 2.05) is 71.6 Å². The molecule has 218 valence electrons. The number of hydrogen-bond acceptors (Lipinski definition) is 4. The molecule has 0 saturated carbocycles. The standard InChI is InChI=1S/C36H41N3O3/c1-28-12-11-19-33(38-22-24-39(25-23-38)36(41)37-32-17-9-4-10-18-32)35(42-27-30-15-7-3-8-16-30)34(40)26-31(28)21-20-29-13-5-2-6-14-29/h2-10,12-18,31H,11,19-27H2,1H3,(H,37,41)/b28-12+,35-33-. The van der Waals surface area contributed by atoms with E-state index in [1.165, 1.54) is 11.1 Å². The second-order valence-corrected chi connectivity index (χ2v) is 11.2. The van der Waals surface area contributed by atoms with Crippen molar-refractivity contribution in [3.63, 3.8) is 0 Å². The average molecular weight is 564 g/mol. The van der Waals surface area contributed by atoms with Crippen LogP contribution >= 0.6 is 0 Å². The van der Waals surface area contributed by atoms with Gasteiger partial charge in [-0.05, 0) is 61.8 Å². The number of rotatable bonds is 8. The summed E-state index contributed by atoms with van der Waals surface area (Å²) >= 11 is 0. The first-order valence-corrected chi connectivity index (χ1v) is 15.1. The molecule has 42 heavy (non-hydrogen) atoms. The third-order valence-corrected chi connectivity index (χ3v) is 8.26. The van der Waals surface area contributed by atoms with Crippen molar-refractivity contribution < 1.29 is 14.3 Å². The van der Waals surface area contributed by atoms with Crippen molar-refractivity contribution in [3.05, 3.63) is 125 Å². The molecule has 0 spiro atoms. The van der Waals surface area contributed by atoms with Crippen molar-refractivity contribution in [1.29, 1.82) is 0 Å². The van der Waals surface area contributed by atoms with Crippen molar-refractivity contribution in [1.82, 2.24) is 9.80 Å². The summed E-state index contributed by atoms with van der Waals surface area (Å²) in [6.45, 7) is 4.99. The van der Waals surface area contributed by atoms with E-state index >= 15 is 0 Å². The third-order valence-electron chi connectivity index (χ3n) is 8.26. The van der Waals surface area contributed by atoms with Crippen molar-refractivity contribution >= 4 is 17.5 Å². The molecule has 1 heterocycles. The molecule has 1 atom stereocenters. The monoisotopic (exact) mass is 563 g/mol. The maximum absolute atomic E-state index is 14.0. The Morgan fingerprint density at radius 3 is 2.14 bits per heavy atom. The SMILES string of the molecule is C/C1=C\CC/C(N2CCN(C(=O)Nc3ccccc3)CC2)=C(/OCc2ccccc2)C(=O)CC1CCc1ccccc1. The molecule has 1 N–H and O–H groups in total. The smallest absolute Gasteiger partial charge is 0.321 e. The maximum atomic E-state index is 14.0. The van der Waals surface area contributed by atoms with Crippen molar-refractivity contribution in [2.24, 2.45) is 5.92 Å². The highest BCUT2D eigenvalue weighted by atomic mass is 16.5. The minimum Gasteiger partial charge on any atom is -0.483 e. The Hall–Kier alpha value is -4.32. The minimum atomic E-state index is -0.0965. The number of carbonyl (C=O) groups is 2. The second kappa shape index (κ2) is 14.5. The van der Waals surface area contributed by atoms with Gasteiger partial charge in [-0.2, -0.15) is 0 Å². The van der Waals surface area contributed by atoms with Crippen molar-refractivity contribution in [3.8, 4) is 0 Å². The summed E-state index contributed by atoms with van der Waals surface area (Å²) in [5, 5.41) is 2.99. The number of benzene rings is 3. The van der Waals surface area contributed by atoms with Crippen LogP contribution < -0.4 is 5.32 Å². The van der Waals surface area contributed by atoms with E-state index in [-0.39, 0.29) is 17.7 Å². The lowest BCUT2D eigenvalue weighted by atomic mass is 9.88. The van der Waals surface area contributed by atoms with Gasteiger partial charge in [-0.3, -0.25) is 4.79 Å². The van der Waals surface area contributed by atoms with Gasteiger partial charge in [-0.25, -0.2) is 4.79 Å². The molecule has 0 radical (unpaired) electrons. The Morgan fingerprint density at radius 1 is 0.857 bits per heavy atom. The topological polar surface area (TPSA) is 61.9 Å². The van der Waals surface area contributed by atoms with Crippen LogP contribution in [-0.2, 0) is 22.6 Å². The van der Waals surface area contributed by atoms with E-state index in [2.05, 4.69) is 47.5 Å². The lowest BCUT2D eigenvalue weighted by molar-refractivity contribution is -0.120. The summed E-state index contributed by atoms with van der Waals surface area (Å²) in [6.07, 6.45) is 6.19. The van der Waals surface area contributed by atoms with E-state index in [9.17, 15) is 9.59 Å². The number of nitrogens with zero attached hydrogens (tertiary/aromatic N) is 2. The van der Waals surface area contributed by atoms with Crippen LogP contribution in [0.1, 0.15) is 43.7 Å². The number of para-hydroxylation sites is 1. The van der Waals surface area contributed by atoms with Crippen LogP contribution in [0.5, 0.6) is 0 Å². The zero-order valence-corrected chi connectivity index (χ0v) is 24.5. The highest BCUT2D eigenvalue weighted by Crippen LogP contribution is 2.30. The lowest BCUT2D eigenvalue weighted by Crippen LogP contribution is -2.50. The van der Waals surface area contributed by atoms with E-state index < -0.39 is 0 Å². The van der Waals surface area contributed by atoms with Gasteiger partial charge in [-0.1, -0.05) is 90.5 Å². The number of anilines is 1. The fourth-order valence-electron chi connectivity index (χ4n) is 5.77. The predicted molar refractivity (Wildman–Crippen MR) is 168 cm³/mol. The van der Waals surface area contributed by atoms with Crippen LogP contribution in [0, 0.1) is 5.92 Å². The van der Waals surface area contributed by atoms with E-state index in [0.29, 0.717) is 45.0 Å². The Morgan fingerprint density at radius 2 is 1.48 bits per heavy atom. The quantitative estimate of drug-likeness (QED) is 0.294. The summed E-state index contributed by atoms with van der Waals surface area (Å²) in [7, 11) is 0. The number of hydrogen-bond donors (Lipinski definition) is 1. The molecule has 3 aromatic carbocycles. The molecule has 0 aromatic heterocycles. The van der Waals surface area contributed by atoms with Gasteiger partial charge in [0.15, 0.2) is 11.5 Å². The molecular formula is C36H41N3O3. The van der Waals surface area contributed by atoms with E-state index in [4.69, 9.17) is 4.74 Å². The molecule has 0 bridgehead atoms. The molecule has 1 aliphatic heterocycles. The van der Waals surface area contributed by atoms with Gasteiger partial charge in [-0.15, -0.1) is 0 Å². The van der Waals surface area contributed by atoms with E-state index in [0.717, 1.165) is 42.6 Å². The minimum absolute atomic E-state index is 0.0675. The van der Waals surface area contributed by atoms with Gasteiger partial charge in [0.25, 0.3) is 0 Å². The first-order valence-electron chi connectivity index (χ1n) is 15.1. The number of amides is 2. The largest absolute Gasteiger partial charge is 0.483 e. The fraction of sp³-hybridized carbons (Fsp3) is 0.333. The molecule has 6 heteroatoms. The Kier molecular flexibility index (Phi) is 10.1. The number of nitrogens with one attached hydrogen (secondary N) is 1. The second-order valence-electron chi connectivity index (χ2n) is 11.2. The van der Waals surface area contributed by atoms with Crippen LogP contribution in [0.25, 0.3) is 0 Å². The Bertz CT molecular complexity index is 1380. The Labute approximate surface area is 249 Å². The number of aryl methyl sites for hydroxylation is 1. The van der Waals surface area contributed by atoms with Crippen LogP contribution in [0.4, 0.5) is 10.5 Å². The van der Waals surface area contributed by atoms with Crippen LogP contribution in [0.15, 0.2) is 114 Å². The molecule has 2 aliphatic rings. The van der Waals surface area contributed by atoms with Gasteiger partial charge >= 0.3 is 6.03 Å². The molecule has 1 fully saturated rings. The zero-order valence-electron chi connectivity index (χ0n) is 24.5. The van der Waals surface area contributed by atoms with Crippen molar-refractivity contribution in [2.75, 3.05) is 31.5 Å². The number of urea groups is 1. The van der Waals surface area contributed by atoms with Crippen molar-refractivity contribution in [2.45, 2.75) is 45.6 Å². The summed E-state index contributed by atoms with van der Waals surface area (Å²) in [5.74, 6) is 0.734. The third kappa shape index (κ3) is 7.90. The van der Waals surface area contributed by atoms with Crippen LogP contribution in [0.3, 0.4) is 0 Å². The molecule has 6 nitrogen and oxygen atoms in total. The molecule has 3 aromatic rings. The number of ether oxygens (including phenoxy) is 1. The molecule has 1 unspecified atom stereocenters. The summed E-state index contributed by atoms with van der Waals surface area (Å²) < 4.78 is 6.41. The fourth-order valence-corrected chi connectivity index (χ4v) is 5.77. The molecule has 2 amide bonds. The van der Waals surface area contributed by atoms with Crippen LogP contribution in [-0.4, -0.2) is 47.8 Å². The number of ketones is 1. The normalized spacial score (nSPS) is 21.0. The molecular weight excluding hydrogens is 522 g/mol. The van der Waals surface area contributed by atoms with Gasteiger partial charge in [0.1, 0.15) is 6.61 Å². The first kappa shape index (κ1) is 29.2. The summed E-state index contributed by atoms with van der Waals surface area (Å²) in [5.41, 5.74) is 5.37. The summed E-state index contributed by atoms with van der Waals surface area (Å²) in [6, 6.07) is 29.9. The highest BCUT2D eigenvalue weighted by Gasteiger charge is 2.29.